The minimum atomic E-state index is -0.235. The Balaban J connectivity index is 2.02. The van der Waals surface area contributed by atoms with Crippen LogP contribution in [0.1, 0.15) is 52.4 Å². The second kappa shape index (κ2) is 6.41. The molecule has 0 amide bonds. The minimum absolute atomic E-state index is 0.235. The maximum absolute atomic E-state index is 9.30. The molecule has 0 aliphatic heterocycles. The first kappa shape index (κ1) is 12.0. The van der Waals surface area contributed by atoms with Crippen LogP contribution < -0.4 is 5.32 Å². The van der Waals surface area contributed by atoms with Gasteiger partial charge in [0.15, 0.2) is 0 Å². The zero-order valence-electron chi connectivity index (χ0n) is 9.63. The summed E-state index contributed by atoms with van der Waals surface area (Å²) < 4.78 is 0. The molecule has 0 heterocycles. The van der Waals surface area contributed by atoms with E-state index in [1.165, 1.54) is 38.5 Å². The van der Waals surface area contributed by atoms with Gasteiger partial charge in [0.2, 0.25) is 0 Å². The molecule has 2 N–H and O–H groups in total. The molecule has 0 saturated heterocycles. The van der Waals surface area contributed by atoms with E-state index in [4.69, 9.17) is 0 Å². The second-order valence-corrected chi connectivity index (χ2v) is 4.78. The molecule has 2 unspecified atom stereocenters. The van der Waals surface area contributed by atoms with Gasteiger partial charge < -0.3 is 10.4 Å². The third kappa shape index (κ3) is 4.43. The molecule has 1 fully saturated rings. The lowest BCUT2D eigenvalue weighted by molar-refractivity contribution is 0.151. The van der Waals surface area contributed by atoms with E-state index in [2.05, 4.69) is 5.32 Å². The molecule has 0 aromatic carbocycles. The van der Waals surface area contributed by atoms with E-state index in [0.29, 0.717) is 0 Å². The highest BCUT2D eigenvalue weighted by Crippen LogP contribution is 2.25. The zero-order valence-corrected chi connectivity index (χ0v) is 9.63. The van der Waals surface area contributed by atoms with Crippen LogP contribution in [0, 0.1) is 5.92 Å². The highest BCUT2D eigenvalue weighted by Gasteiger charge is 2.13. The lowest BCUT2D eigenvalue weighted by Gasteiger charge is -2.23. The summed E-state index contributed by atoms with van der Waals surface area (Å²) in [5, 5.41) is 12.7. The Morgan fingerprint density at radius 2 is 1.86 bits per heavy atom. The van der Waals surface area contributed by atoms with Gasteiger partial charge in [-0.2, -0.15) is 0 Å². The highest BCUT2D eigenvalue weighted by atomic mass is 16.3. The first-order valence-electron chi connectivity index (χ1n) is 6.11. The summed E-state index contributed by atoms with van der Waals surface area (Å²) in [4.78, 5) is 0. The van der Waals surface area contributed by atoms with Crippen molar-refractivity contribution in [2.75, 3.05) is 6.54 Å². The molecule has 1 aliphatic rings. The fourth-order valence-corrected chi connectivity index (χ4v) is 2.16. The number of aliphatic hydroxyl groups excluding tert-OH is 1. The van der Waals surface area contributed by atoms with Crippen molar-refractivity contribution in [2.24, 2.45) is 5.92 Å². The fourth-order valence-electron chi connectivity index (χ4n) is 2.16. The van der Waals surface area contributed by atoms with Crippen LogP contribution in [0.2, 0.25) is 0 Å². The van der Waals surface area contributed by atoms with Gasteiger partial charge in [0, 0.05) is 6.04 Å². The van der Waals surface area contributed by atoms with Crippen molar-refractivity contribution in [1.82, 2.24) is 5.32 Å². The molecule has 1 saturated carbocycles. The number of hydrogen-bond donors (Lipinski definition) is 2. The fraction of sp³-hybridized carbons (Fsp3) is 1.00. The van der Waals surface area contributed by atoms with E-state index >= 15 is 0 Å². The number of rotatable bonds is 5. The van der Waals surface area contributed by atoms with Crippen LogP contribution in [0.3, 0.4) is 0 Å². The summed E-state index contributed by atoms with van der Waals surface area (Å²) in [6.45, 7) is 4.96. The van der Waals surface area contributed by atoms with Crippen molar-refractivity contribution in [3.05, 3.63) is 0 Å². The predicted molar refractivity (Wildman–Crippen MR) is 60.3 cm³/mol. The maximum atomic E-state index is 9.30. The third-order valence-electron chi connectivity index (χ3n) is 3.47. The van der Waals surface area contributed by atoms with Crippen LogP contribution in [-0.2, 0) is 0 Å². The third-order valence-corrected chi connectivity index (χ3v) is 3.47. The lowest BCUT2D eigenvalue weighted by Crippen LogP contribution is -2.36. The zero-order chi connectivity index (χ0) is 10.4. The van der Waals surface area contributed by atoms with E-state index in [0.717, 1.165) is 12.5 Å². The lowest BCUT2D eigenvalue weighted by atomic mass is 9.87. The quantitative estimate of drug-likeness (QED) is 0.712. The normalized spacial score (nSPS) is 23.4. The van der Waals surface area contributed by atoms with E-state index < -0.39 is 0 Å². The summed E-state index contributed by atoms with van der Waals surface area (Å²) in [6.07, 6.45) is 8.19. The molecule has 2 nitrogen and oxygen atoms in total. The number of nitrogens with one attached hydrogen (secondary N) is 1. The van der Waals surface area contributed by atoms with Gasteiger partial charge in [0.1, 0.15) is 0 Å². The molecule has 0 radical (unpaired) electrons. The molecule has 0 aromatic rings. The Morgan fingerprint density at radius 3 is 2.43 bits per heavy atom. The van der Waals surface area contributed by atoms with Crippen LogP contribution in [0.15, 0.2) is 0 Å². The monoisotopic (exact) mass is 199 g/mol. The van der Waals surface area contributed by atoms with Crippen molar-refractivity contribution in [3.8, 4) is 0 Å². The molecule has 84 valence electrons. The Kier molecular flexibility index (Phi) is 5.49. The average Bonchev–Trinajstić information content (AvgIpc) is 2.19. The summed E-state index contributed by atoms with van der Waals surface area (Å²) in [7, 11) is 0. The molecule has 2 atom stereocenters. The Morgan fingerprint density at radius 1 is 1.21 bits per heavy atom. The minimum Gasteiger partial charge on any atom is -0.392 e. The van der Waals surface area contributed by atoms with E-state index in [1.807, 2.05) is 13.8 Å². The van der Waals surface area contributed by atoms with Gasteiger partial charge in [-0.15, -0.1) is 0 Å². The Bertz CT molecular complexity index is 141. The van der Waals surface area contributed by atoms with E-state index in [1.54, 1.807) is 0 Å². The van der Waals surface area contributed by atoms with Gasteiger partial charge in [-0.25, -0.2) is 0 Å². The van der Waals surface area contributed by atoms with Crippen molar-refractivity contribution in [2.45, 2.75) is 64.5 Å². The average molecular weight is 199 g/mol. The molecular weight excluding hydrogens is 174 g/mol. The van der Waals surface area contributed by atoms with Crippen molar-refractivity contribution >= 4 is 0 Å². The summed E-state index contributed by atoms with van der Waals surface area (Å²) in [5.41, 5.74) is 0. The summed E-state index contributed by atoms with van der Waals surface area (Å²) in [5.74, 6) is 0.942. The van der Waals surface area contributed by atoms with Crippen molar-refractivity contribution in [3.63, 3.8) is 0 Å². The molecule has 0 aromatic heterocycles. The molecular formula is C12H25NO. The number of aliphatic hydroxyl groups is 1. The van der Waals surface area contributed by atoms with Crippen LogP contribution >= 0.6 is 0 Å². The number of hydrogen-bond acceptors (Lipinski definition) is 2. The van der Waals surface area contributed by atoms with Gasteiger partial charge in [0.05, 0.1) is 6.10 Å². The molecule has 0 spiro atoms. The van der Waals surface area contributed by atoms with Gasteiger partial charge in [-0.1, -0.05) is 32.1 Å². The largest absolute Gasteiger partial charge is 0.392 e. The van der Waals surface area contributed by atoms with E-state index in [-0.39, 0.29) is 12.1 Å². The van der Waals surface area contributed by atoms with E-state index in [9.17, 15) is 5.11 Å². The van der Waals surface area contributed by atoms with Gasteiger partial charge >= 0.3 is 0 Å². The SMILES string of the molecule is CC(O)C(C)NCCC1CCCCC1. The van der Waals surface area contributed by atoms with Crippen molar-refractivity contribution < 1.29 is 5.11 Å². The van der Waals surface area contributed by atoms with Gasteiger partial charge in [0.25, 0.3) is 0 Å². The van der Waals surface area contributed by atoms with Crippen LogP contribution in [-0.4, -0.2) is 23.8 Å². The van der Waals surface area contributed by atoms with Gasteiger partial charge in [-0.05, 0) is 32.7 Å². The molecule has 1 aliphatic carbocycles. The summed E-state index contributed by atoms with van der Waals surface area (Å²) in [6, 6.07) is 0.235. The van der Waals surface area contributed by atoms with Crippen LogP contribution in [0.5, 0.6) is 0 Å². The smallest absolute Gasteiger partial charge is 0.0662 e. The standard InChI is InChI=1S/C12H25NO/c1-10(11(2)14)13-9-8-12-6-4-3-5-7-12/h10-14H,3-9H2,1-2H3. The molecule has 0 bridgehead atoms. The Labute approximate surface area is 88.1 Å². The second-order valence-electron chi connectivity index (χ2n) is 4.78. The van der Waals surface area contributed by atoms with Crippen molar-refractivity contribution in [1.29, 1.82) is 0 Å². The highest BCUT2D eigenvalue weighted by molar-refractivity contribution is 4.70. The molecule has 2 heteroatoms. The first-order valence-corrected chi connectivity index (χ1v) is 6.11. The topological polar surface area (TPSA) is 32.3 Å². The van der Waals surface area contributed by atoms with Crippen LogP contribution in [0.25, 0.3) is 0 Å². The van der Waals surface area contributed by atoms with Crippen LogP contribution in [0.4, 0.5) is 0 Å². The van der Waals surface area contributed by atoms with Gasteiger partial charge in [-0.3, -0.25) is 0 Å². The Hall–Kier alpha value is -0.0800. The maximum Gasteiger partial charge on any atom is 0.0662 e. The predicted octanol–water partition coefficient (Wildman–Crippen LogP) is 2.32. The molecule has 1 rings (SSSR count). The first-order chi connectivity index (χ1) is 6.70. The summed E-state index contributed by atoms with van der Waals surface area (Å²) >= 11 is 0. The molecule has 14 heavy (non-hydrogen) atoms.